The van der Waals surface area contributed by atoms with Crippen LogP contribution in [0.4, 0.5) is 5.69 Å². The van der Waals surface area contributed by atoms with E-state index in [0.717, 1.165) is 5.56 Å². The van der Waals surface area contributed by atoms with Gasteiger partial charge in [-0.1, -0.05) is 41.9 Å². The van der Waals surface area contributed by atoms with E-state index < -0.39 is 17.9 Å². The summed E-state index contributed by atoms with van der Waals surface area (Å²) in [5.41, 5.74) is 1.14. The highest BCUT2D eigenvalue weighted by molar-refractivity contribution is 6.40. The molecule has 0 bridgehead atoms. The van der Waals surface area contributed by atoms with Gasteiger partial charge in [0.25, 0.3) is 0 Å². The SMILES string of the molecule is COc1ccc(NC(=O)C(=O)NCC[C@H](O)c2ccccc2)cc1Cl. The Hall–Kier alpha value is -2.57. The van der Waals surface area contributed by atoms with Crippen molar-refractivity contribution < 1.29 is 19.4 Å². The average molecular weight is 363 g/mol. The van der Waals surface area contributed by atoms with Gasteiger partial charge in [0.05, 0.1) is 18.2 Å². The molecule has 2 aromatic rings. The Labute approximate surface area is 150 Å². The molecule has 6 nitrogen and oxygen atoms in total. The van der Waals surface area contributed by atoms with Crippen molar-refractivity contribution in [2.24, 2.45) is 0 Å². The fourth-order valence-electron chi connectivity index (χ4n) is 2.18. The third kappa shape index (κ3) is 5.48. The van der Waals surface area contributed by atoms with Gasteiger partial charge in [-0.2, -0.15) is 0 Å². The van der Waals surface area contributed by atoms with Gasteiger partial charge in [0, 0.05) is 12.2 Å². The number of carbonyl (C=O) groups is 2. The molecular weight excluding hydrogens is 344 g/mol. The first kappa shape index (κ1) is 18.8. The quantitative estimate of drug-likeness (QED) is 0.689. The van der Waals surface area contributed by atoms with Gasteiger partial charge in [-0.25, -0.2) is 0 Å². The largest absolute Gasteiger partial charge is 0.495 e. The summed E-state index contributed by atoms with van der Waals surface area (Å²) < 4.78 is 5.02. The summed E-state index contributed by atoms with van der Waals surface area (Å²) in [6.45, 7) is 0.172. The van der Waals surface area contributed by atoms with Gasteiger partial charge in [0.15, 0.2) is 0 Å². The summed E-state index contributed by atoms with van der Waals surface area (Å²) in [5.74, 6) is -1.12. The van der Waals surface area contributed by atoms with Crippen molar-refractivity contribution in [3.63, 3.8) is 0 Å². The predicted octanol–water partition coefficient (Wildman–Crippen LogP) is 2.53. The van der Waals surface area contributed by atoms with Crippen LogP contribution >= 0.6 is 11.6 Å². The number of amides is 2. The number of hydrogen-bond acceptors (Lipinski definition) is 4. The molecular formula is C18H19ClN2O4. The number of benzene rings is 2. The molecule has 0 spiro atoms. The third-order valence-corrected chi connectivity index (χ3v) is 3.80. The van der Waals surface area contributed by atoms with Gasteiger partial charge in [0.1, 0.15) is 5.75 Å². The first-order valence-corrected chi connectivity index (χ1v) is 8.04. The molecule has 1 atom stereocenters. The number of methoxy groups -OCH3 is 1. The van der Waals surface area contributed by atoms with Gasteiger partial charge >= 0.3 is 11.8 Å². The fraction of sp³-hybridized carbons (Fsp3) is 0.222. The molecule has 3 N–H and O–H groups in total. The van der Waals surface area contributed by atoms with Crippen molar-refractivity contribution in [2.75, 3.05) is 19.0 Å². The summed E-state index contributed by atoms with van der Waals surface area (Å²) in [6.07, 6.45) is -0.401. The number of hydrogen-bond donors (Lipinski definition) is 3. The Morgan fingerprint density at radius 2 is 1.88 bits per heavy atom. The molecule has 0 heterocycles. The first-order chi connectivity index (χ1) is 12.0. The topological polar surface area (TPSA) is 87.7 Å². The maximum absolute atomic E-state index is 11.9. The highest BCUT2D eigenvalue weighted by Crippen LogP contribution is 2.27. The van der Waals surface area contributed by atoms with Crippen LogP contribution in [0, 0.1) is 0 Å². The highest BCUT2D eigenvalue weighted by atomic mass is 35.5. The number of ether oxygens (including phenoxy) is 1. The Kier molecular flexibility index (Phi) is 6.80. The third-order valence-electron chi connectivity index (χ3n) is 3.50. The molecule has 0 fully saturated rings. The Morgan fingerprint density at radius 3 is 2.52 bits per heavy atom. The van der Waals surface area contributed by atoms with E-state index in [1.165, 1.54) is 13.2 Å². The van der Waals surface area contributed by atoms with Crippen LogP contribution < -0.4 is 15.4 Å². The zero-order valence-corrected chi connectivity index (χ0v) is 14.4. The second kappa shape index (κ2) is 9.05. The average Bonchev–Trinajstić information content (AvgIpc) is 2.62. The van der Waals surface area contributed by atoms with Crippen LogP contribution in [0.1, 0.15) is 18.1 Å². The lowest BCUT2D eigenvalue weighted by molar-refractivity contribution is -0.136. The molecule has 0 aromatic heterocycles. The van der Waals surface area contributed by atoms with E-state index in [1.54, 1.807) is 24.3 Å². The van der Waals surface area contributed by atoms with E-state index in [-0.39, 0.29) is 6.54 Å². The standard InChI is InChI=1S/C18H19ClN2O4/c1-25-16-8-7-13(11-14(16)19)21-18(24)17(23)20-10-9-15(22)12-5-3-2-4-6-12/h2-8,11,15,22H,9-10H2,1H3,(H,20,23)(H,21,24)/t15-/m0/s1. The molecule has 132 valence electrons. The molecule has 0 saturated carbocycles. The van der Waals surface area contributed by atoms with Crippen LogP contribution in [0.25, 0.3) is 0 Å². The zero-order chi connectivity index (χ0) is 18.2. The van der Waals surface area contributed by atoms with Crippen molar-refractivity contribution >= 4 is 29.1 Å². The van der Waals surface area contributed by atoms with Crippen LogP contribution in [0.15, 0.2) is 48.5 Å². The van der Waals surface area contributed by atoms with E-state index >= 15 is 0 Å². The fourth-order valence-corrected chi connectivity index (χ4v) is 2.43. The molecule has 2 amide bonds. The number of carbonyl (C=O) groups excluding carboxylic acids is 2. The second-order valence-corrected chi connectivity index (χ2v) is 5.68. The zero-order valence-electron chi connectivity index (χ0n) is 13.7. The van der Waals surface area contributed by atoms with E-state index in [2.05, 4.69) is 10.6 Å². The summed E-state index contributed by atoms with van der Waals surface area (Å²) in [6, 6.07) is 13.8. The predicted molar refractivity (Wildman–Crippen MR) is 95.7 cm³/mol. The van der Waals surface area contributed by atoms with Crippen LogP contribution in [0.2, 0.25) is 5.02 Å². The van der Waals surface area contributed by atoms with E-state index in [4.69, 9.17) is 16.3 Å². The Balaban J connectivity index is 1.80. The van der Waals surface area contributed by atoms with Crippen molar-refractivity contribution in [1.82, 2.24) is 5.32 Å². The summed E-state index contributed by atoms with van der Waals surface area (Å²) in [4.78, 5) is 23.7. The lowest BCUT2D eigenvalue weighted by atomic mass is 10.1. The van der Waals surface area contributed by atoms with Crippen LogP contribution in [0.5, 0.6) is 5.75 Å². The van der Waals surface area contributed by atoms with E-state index in [9.17, 15) is 14.7 Å². The van der Waals surface area contributed by atoms with Crippen molar-refractivity contribution in [2.45, 2.75) is 12.5 Å². The van der Waals surface area contributed by atoms with Gasteiger partial charge in [0.2, 0.25) is 0 Å². The molecule has 0 radical (unpaired) electrons. The number of anilines is 1. The lowest BCUT2D eigenvalue weighted by Crippen LogP contribution is -2.36. The molecule has 0 saturated heterocycles. The number of aliphatic hydroxyl groups is 1. The Morgan fingerprint density at radius 1 is 1.16 bits per heavy atom. The lowest BCUT2D eigenvalue weighted by Gasteiger charge is -2.12. The summed E-state index contributed by atoms with van der Waals surface area (Å²) >= 11 is 5.96. The van der Waals surface area contributed by atoms with Crippen molar-refractivity contribution in [3.8, 4) is 5.75 Å². The van der Waals surface area contributed by atoms with E-state index in [1.807, 2.05) is 18.2 Å². The minimum atomic E-state index is -0.810. The maximum Gasteiger partial charge on any atom is 0.313 e. The normalized spacial score (nSPS) is 11.5. The summed E-state index contributed by atoms with van der Waals surface area (Å²) in [5, 5.41) is 15.3. The molecule has 0 aliphatic carbocycles. The van der Waals surface area contributed by atoms with Crippen LogP contribution in [-0.2, 0) is 9.59 Å². The molecule has 2 aromatic carbocycles. The molecule has 0 aliphatic heterocycles. The smallest absolute Gasteiger partial charge is 0.313 e. The van der Waals surface area contributed by atoms with Gasteiger partial charge in [-0.15, -0.1) is 0 Å². The van der Waals surface area contributed by atoms with Gasteiger partial charge in [-0.05, 0) is 30.2 Å². The highest BCUT2D eigenvalue weighted by Gasteiger charge is 2.15. The van der Waals surface area contributed by atoms with E-state index in [0.29, 0.717) is 22.9 Å². The minimum absolute atomic E-state index is 0.172. The molecule has 0 aliphatic rings. The Bertz CT molecular complexity index is 737. The molecule has 2 rings (SSSR count). The van der Waals surface area contributed by atoms with Gasteiger partial charge in [-0.3, -0.25) is 9.59 Å². The molecule has 25 heavy (non-hydrogen) atoms. The number of aliphatic hydroxyl groups excluding tert-OH is 1. The van der Waals surface area contributed by atoms with Crippen LogP contribution in [0.3, 0.4) is 0 Å². The second-order valence-electron chi connectivity index (χ2n) is 5.27. The monoisotopic (exact) mass is 362 g/mol. The number of halogens is 1. The molecule has 0 unspecified atom stereocenters. The van der Waals surface area contributed by atoms with Gasteiger partial charge < -0.3 is 20.5 Å². The number of nitrogens with one attached hydrogen (secondary N) is 2. The van der Waals surface area contributed by atoms with Crippen molar-refractivity contribution in [1.29, 1.82) is 0 Å². The minimum Gasteiger partial charge on any atom is -0.495 e. The molecule has 7 heteroatoms. The van der Waals surface area contributed by atoms with Crippen LogP contribution in [-0.4, -0.2) is 30.6 Å². The summed E-state index contributed by atoms with van der Waals surface area (Å²) in [7, 11) is 1.48. The number of rotatable bonds is 6. The van der Waals surface area contributed by atoms with Crippen molar-refractivity contribution in [3.05, 3.63) is 59.1 Å². The maximum atomic E-state index is 11.9. The first-order valence-electron chi connectivity index (χ1n) is 7.67.